The van der Waals surface area contributed by atoms with E-state index in [9.17, 15) is 58.9 Å². The zero-order valence-corrected chi connectivity index (χ0v) is 58.8. The van der Waals surface area contributed by atoms with Gasteiger partial charge >= 0.3 is 154 Å². The van der Waals surface area contributed by atoms with Gasteiger partial charge in [0.2, 0.25) is 23.8 Å². The molecule has 0 spiro atoms. The maximum atomic E-state index is 13.8. The van der Waals surface area contributed by atoms with Crippen LogP contribution >= 0.6 is 36.4 Å². The van der Waals surface area contributed by atoms with Crippen molar-refractivity contribution in [2.45, 2.75) is 24.5 Å². The maximum absolute atomic E-state index is 13.8. The molecule has 5 aromatic carbocycles. The zero-order chi connectivity index (χ0) is 57.6. The van der Waals surface area contributed by atoms with Crippen molar-refractivity contribution in [1.29, 1.82) is 0 Å². The number of sulfone groups is 1. The Balaban J connectivity index is 0.00000493. The normalized spacial score (nSPS) is 11.4. The Morgan fingerprint density at radius 3 is 1.69 bits per heavy atom. The molecule has 0 unspecified atom stereocenters. The first-order chi connectivity index (χ1) is 38.1. The summed E-state index contributed by atoms with van der Waals surface area (Å²) in [4.78, 5) is 17.5. The van der Waals surface area contributed by atoms with E-state index in [4.69, 9.17) is 15.7 Å². The van der Waals surface area contributed by atoms with Crippen LogP contribution in [0.15, 0.2) is 142 Å². The first kappa shape index (κ1) is 78.6. The zero-order valence-electron chi connectivity index (χ0n) is 43.9. The van der Waals surface area contributed by atoms with Gasteiger partial charge in [0.1, 0.15) is 48.8 Å². The van der Waals surface area contributed by atoms with Gasteiger partial charge in [-0.25, -0.2) is 25.3 Å². The van der Waals surface area contributed by atoms with E-state index in [0.717, 1.165) is 18.2 Å². The molecule has 0 bridgehead atoms. The molecule has 33 nitrogen and oxygen atoms in total. The molecule has 0 fully saturated rings. The van der Waals surface area contributed by atoms with Gasteiger partial charge < -0.3 is 57.6 Å². The standard InChI is InChI=1S/C39H33F2N15O18S6.5Na/c40-31-18-32(49-36(41)48-31)44-21-7-11-29(79(62,63)64)26(16-21)54-55-27-17-30(80(65,66)67)34(43)35(33(27)42)56-53-25-15-22(6-10-28(25)76-73-70-58)47-39-51-37(50-38(52-39)46-20-2-1-3-23(14-20)75-72-69-57)45-19-4-8-24(9-5-19)78(60,61)13-12-68-77-74-71-59;;;;;/h1-11,14-18,57-59H,12-13,42-43H2,(H,44,48,49)(H,62,63,64)(H,65,66,67)(H3,45,46,47,50,51,52);;;;;/q;5*+1/p-5. The van der Waals surface area contributed by atoms with Gasteiger partial charge in [0.15, 0.2) is 22.2 Å². The number of benzene rings is 5. The van der Waals surface area contributed by atoms with Crippen molar-refractivity contribution >= 4 is 147 Å². The average Bonchev–Trinajstić information content (AvgIpc) is 3.54. The van der Waals surface area contributed by atoms with Crippen molar-refractivity contribution in [3.05, 3.63) is 109 Å². The molecule has 0 atom stereocenters. The Bertz CT molecular complexity index is 3800. The molecule has 2 aromatic heterocycles. The third-order valence-corrected chi connectivity index (χ3v) is 14.6. The molecule has 46 heteroatoms. The number of nitrogens with one attached hydrogen (secondary N) is 4. The summed E-state index contributed by atoms with van der Waals surface area (Å²) in [6, 6.07) is 19.4. The number of hydrogen-bond acceptors (Lipinski definition) is 36. The molecule has 0 amide bonds. The number of hydrogen-bond donors (Lipinski definition) is 6. The van der Waals surface area contributed by atoms with E-state index in [-0.39, 0.29) is 217 Å². The van der Waals surface area contributed by atoms with Gasteiger partial charge in [0.05, 0.1) is 67.4 Å². The molecule has 0 saturated carbocycles. The fourth-order valence-electron chi connectivity index (χ4n) is 6.23. The SMILES string of the molecule is Nc1c(N=Nc2cc(Nc3cc(F)nc(F)n3)ccc2S(=O)(=O)[O-])cc(S(=O)(=O)[O-])c(N)c1N=Nc1cc(Nc2nc(Nc3ccc(S(=O)(=O)CCOSOO[O-])cc3)nc(Nc3cccc(SOO[O-])c3)n2)ccc1SOO[O-].[Na+].[Na+].[Na+].[Na+].[Na+]. The smallest absolute Gasteiger partial charge is 0.744 e. The molecule has 0 saturated heterocycles. The second-order valence-corrected chi connectivity index (χ2v) is 21.6. The van der Waals surface area contributed by atoms with Crippen LogP contribution in [-0.2, 0) is 62.4 Å². The predicted octanol–water partition coefficient (Wildman–Crippen LogP) is -10.2. The second-order valence-electron chi connectivity index (χ2n) is 14.7. The summed E-state index contributed by atoms with van der Waals surface area (Å²) in [5.41, 5.74) is 9.04. The van der Waals surface area contributed by atoms with Crippen molar-refractivity contribution in [1.82, 2.24) is 24.9 Å². The first-order valence-corrected chi connectivity index (χ1v) is 27.5. The van der Waals surface area contributed by atoms with E-state index in [1.165, 1.54) is 48.5 Å². The van der Waals surface area contributed by atoms with Crippen molar-refractivity contribution in [3.8, 4) is 0 Å². The Labute approximate surface area is 602 Å². The van der Waals surface area contributed by atoms with Gasteiger partial charge in [-0.1, -0.05) is 6.07 Å². The summed E-state index contributed by atoms with van der Waals surface area (Å²) in [7, 11) is -14.7. The van der Waals surface area contributed by atoms with Gasteiger partial charge in [0, 0.05) is 33.7 Å². The van der Waals surface area contributed by atoms with E-state index in [0.29, 0.717) is 46.8 Å². The van der Waals surface area contributed by atoms with Crippen LogP contribution in [0.3, 0.4) is 0 Å². The number of rotatable bonds is 27. The topological polar surface area (TPSA) is 496 Å². The van der Waals surface area contributed by atoms with Gasteiger partial charge in [-0.3, -0.25) is 19.3 Å². The summed E-state index contributed by atoms with van der Waals surface area (Å²) in [6.07, 6.45) is -1.47. The molecule has 7 aromatic rings. The molecular weight excluding hydrogens is 1310 g/mol. The number of nitrogens with two attached hydrogens (primary N) is 2. The van der Waals surface area contributed by atoms with E-state index >= 15 is 0 Å². The maximum Gasteiger partial charge on any atom is 1.00 e. The van der Waals surface area contributed by atoms with Crippen LogP contribution in [0.2, 0.25) is 0 Å². The quantitative estimate of drug-likeness (QED) is 0.00266. The molecule has 422 valence electrons. The van der Waals surface area contributed by atoms with Crippen LogP contribution in [0, 0.1) is 12.0 Å². The monoisotopic (exact) mass is 1340 g/mol. The van der Waals surface area contributed by atoms with E-state index in [2.05, 4.69) is 94.8 Å². The molecule has 0 aliphatic carbocycles. The van der Waals surface area contributed by atoms with E-state index in [1.54, 1.807) is 18.2 Å². The van der Waals surface area contributed by atoms with Crippen molar-refractivity contribution in [2.24, 2.45) is 20.5 Å². The molecule has 0 aliphatic rings. The Morgan fingerprint density at radius 1 is 0.541 bits per heavy atom. The minimum Gasteiger partial charge on any atom is -0.744 e. The summed E-state index contributed by atoms with van der Waals surface area (Å²) >= 11 is 1.04. The van der Waals surface area contributed by atoms with E-state index < -0.39 is 91.9 Å². The Kier molecular flexibility index (Phi) is 34.2. The van der Waals surface area contributed by atoms with Crippen LogP contribution in [0.1, 0.15) is 0 Å². The average molecular weight is 1340 g/mol. The molecular formula is C39H28F2N15Na5O18S6. The number of nitrogens with zero attached hydrogens (tertiary/aromatic N) is 9. The van der Waals surface area contributed by atoms with Crippen LogP contribution in [0.25, 0.3) is 0 Å². The van der Waals surface area contributed by atoms with Gasteiger partial charge in [-0.05, 0) is 84.9 Å². The van der Waals surface area contributed by atoms with Crippen molar-refractivity contribution in [2.75, 3.05) is 45.1 Å². The third-order valence-electron chi connectivity index (χ3n) is 9.54. The molecule has 0 radical (unpaired) electrons. The van der Waals surface area contributed by atoms with E-state index in [1.807, 2.05) is 0 Å². The fourth-order valence-corrected chi connectivity index (χ4v) is 9.68. The Hall–Kier alpha value is -2.53. The summed E-state index contributed by atoms with van der Waals surface area (Å²) < 4.78 is 145. The van der Waals surface area contributed by atoms with Crippen LogP contribution in [0.5, 0.6) is 0 Å². The van der Waals surface area contributed by atoms with Crippen LogP contribution in [0.4, 0.5) is 89.3 Å². The number of nitrogen functional groups attached to an aromatic ring is 2. The summed E-state index contributed by atoms with van der Waals surface area (Å²) in [5.74, 6) is -2.70. The largest absolute Gasteiger partial charge is 1.00 e. The molecule has 8 N–H and O–H groups in total. The van der Waals surface area contributed by atoms with Gasteiger partial charge in [-0.2, -0.15) is 42.4 Å². The molecule has 7 rings (SSSR count). The number of azo groups is 2. The van der Waals surface area contributed by atoms with Gasteiger partial charge in [-0.15, -0.1) is 24.8 Å². The minimum absolute atomic E-state index is 0. The van der Waals surface area contributed by atoms with Crippen LogP contribution in [-0.4, -0.2) is 71.6 Å². The molecule has 0 aliphatic heterocycles. The van der Waals surface area contributed by atoms with Crippen molar-refractivity contribution in [3.63, 3.8) is 0 Å². The predicted molar refractivity (Wildman–Crippen MR) is 264 cm³/mol. The second kappa shape index (κ2) is 37.0. The van der Waals surface area contributed by atoms with Crippen LogP contribution < -0.4 is 196 Å². The Morgan fingerprint density at radius 2 is 1.08 bits per heavy atom. The number of anilines is 10. The van der Waals surface area contributed by atoms with Crippen molar-refractivity contribution < 1.29 is 239 Å². The number of halogens is 2. The summed E-state index contributed by atoms with van der Waals surface area (Å²) in [5, 5.41) is 68.1. The number of aromatic nitrogens is 5. The first-order valence-electron chi connectivity index (χ1n) is 20.9. The van der Waals surface area contributed by atoms with Gasteiger partial charge in [0.25, 0.3) is 0 Å². The third kappa shape index (κ3) is 23.7. The molecule has 2 heterocycles. The molecule has 85 heavy (non-hydrogen) atoms. The summed E-state index contributed by atoms with van der Waals surface area (Å²) in [6.45, 7) is -0.365. The fraction of sp³-hybridized carbons (Fsp3) is 0.0513. The minimum atomic E-state index is -5.51.